The van der Waals surface area contributed by atoms with Crippen LogP contribution in [0.3, 0.4) is 0 Å². The highest BCUT2D eigenvalue weighted by molar-refractivity contribution is 5.92. The highest BCUT2D eigenvalue weighted by Gasteiger charge is 2.32. The third kappa shape index (κ3) is 4.11. The van der Waals surface area contributed by atoms with Gasteiger partial charge in [-0.05, 0) is 80.5 Å². The molecule has 0 spiro atoms. The molecule has 1 amide bonds. The van der Waals surface area contributed by atoms with E-state index in [1.807, 2.05) is 13.1 Å². The van der Waals surface area contributed by atoms with Crippen molar-refractivity contribution in [3.8, 4) is 11.3 Å². The highest BCUT2D eigenvalue weighted by atomic mass is 16.2. The molecule has 3 N–H and O–H groups in total. The number of hydrogen-bond donors (Lipinski definition) is 3. The first-order chi connectivity index (χ1) is 15.0. The fourth-order valence-corrected chi connectivity index (χ4v) is 4.94. The SMILES string of the molecule is Cc1cc(-c2[nH]c3ccc(C4CC(NC(=O)C5CC5)CCN4)cc3c2C(C)C)ccn1. The maximum absolute atomic E-state index is 12.2. The van der Waals surface area contributed by atoms with Gasteiger partial charge in [0.25, 0.3) is 0 Å². The molecule has 5 rings (SSSR count). The minimum absolute atomic E-state index is 0.256. The maximum Gasteiger partial charge on any atom is 0.223 e. The number of hydrogen-bond acceptors (Lipinski definition) is 3. The largest absolute Gasteiger partial charge is 0.354 e. The number of piperidine rings is 1. The number of amides is 1. The average Bonchev–Trinajstić information content (AvgIpc) is 3.53. The van der Waals surface area contributed by atoms with E-state index in [1.165, 1.54) is 33.3 Å². The van der Waals surface area contributed by atoms with Gasteiger partial charge in [-0.25, -0.2) is 0 Å². The van der Waals surface area contributed by atoms with Gasteiger partial charge >= 0.3 is 0 Å². The summed E-state index contributed by atoms with van der Waals surface area (Å²) in [5, 5.41) is 8.25. The second kappa shape index (κ2) is 8.12. The van der Waals surface area contributed by atoms with Gasteiger partial charge in [0.2, 0.25) is 5.91 Å². The van der Waals surface area contributed by atoms with Crippen LogP contribution in [0.25, 0.3) is 22.2 Å². The van der Waals surface area contributed by atoms with Crippen LogP contribution in [-0.2, 0) is 4.79 Å². The van der Waals surface area contributed by atoms with Crippen LogP contribution in [0.4, 0.5) is 0 Å². The molecule has 2 fully saturated rings. The number of benzene rings is 1. The smallest absolute Gasteiger partial charge is 0.223 e. The lowest BCUT2D eigenvalue weighted by Crippen LogP contribution is -2.44. The monoisotopic (exact) mass is 416 g/mol. The molecular formula is C26H32N4O. The number of aromatic amines is 1. The van der Waals surface area contributed by atoms with Gasteiger partial charge in [-0.1, -0.05) is 19.9 Å². The van der Waals surface area contributed by atoms with Crippen molar-refractivity contribution in [3.05, 3.63) is 53.3 Å². The summed E-state index contributed by atoms with van der Waals surface area (Å²) in [5.41, 5.74) is 7.24. The van der Waals surface area contributed by atoms with Crippen LogP contribution in [0.15, 0.2) is 36.5 Å². The van der Waals surface area contributed by atoms with Gasteiger partial charge in [-0.15, -0.1) is 0 Å². The molecule has 0 radical (unpaired) electrons. The Kier molecular flexibility index (Phi) is 5.30. The van der Waals surface area contributed by atoms with Crippen LogP contribution in [0.2, 0.25) is 0 Å². The van der Waals surface area contributed by atoms with E-state index < -0.39 is 0 Å². The molecule has 2 atom stereocenters. The molecule has 5 nitrogen and oxygen atoms in total. The quantitative estimate of drug-likeness (QED) is 0.549. The summed E-state index contributed by atoms with van der Waals surface area (Å²) < 4.78 is 0. The number of fused-ring (bicyclic) bond motifs is 1. The van der Waals surface area contributed by atoms with Crippen molar-refractivity contribution in [2.45, 2.75) is 64.5 Å². The molecule has 2 aromatic heterocycles. The Morgan fingerprint density at radius 1 is 1.16 bits per heavy atom. The first-order valence-electron chi connectivity index (χ1n) is 11.6. The Hall–Kier alpha value is -2.66. The van der Waals surface area contributed by atoms with Crippen molar-refractivity contribution >= 4 is 16.8 Å². The summed E-state index contributed by atoms with van der Waals surface area (Å²) in [4.78, 5) is 20.3. The highest BCUT2D eigenvalue weighted by Crippen LogP contribution is 2.37. The Labute approximate surface area is 184 Å². The van der Waals surface area contributed by atoms with Crippen LogP contribution in [0, 0.1) is 12.8 Å². The standard InChI is InChI=1S/C26H32N4O/c1-15(2)24-21-13-18(23-14-20(9-11-28-23)29-26(31)17-4-5-17)6-7-22(21)30-25(24)19-8-10-27-16(3)12-19/h6-8,10,12-13,15,17,20,23,28,30H,4-5,9,11,14H2,1-3H3,(H,29,31). The van der Waals surface area contributed by atoms with E-state index >= 15 is 0 Å². The second-order valence-corrected chi connectivity index (χ2v) is 9.57. The van der Waals surface area contributed by atoms with Gasteiger partial charge in [0.05, 0.1) is 5.69 Å². The first kappa shape index (κ1) is 20.3. The molecule has 1 aliphatic carbocycles. The predicted octanol–water partition coefficient (Wildman–Crippen LogP) is 4.98. The Morgan fingerprint density at radius 3 is 2.74 bits per heavy atom. The minimum Gasteiger partial charge on any atom is -0.354 e. The van der Waals surface area contributed by atoms with Gasteiger partial charge < -0.3 is 15.6 Å². The van der Waals surface area contributed by atoms with Crippen molar-refractivity contribution in [1.29, 1.82) is 0 Å². The zero-order chi connectivity index (χ0) is 21.5. The fraction of sp³-hybridized carbons (Fsp3) is 0.462. The van der Waals surface area contributed by atoms with E-state index in [2.05, 4.69) is 64.8 Å². The van der Waals surface area contributed by atoms with E-state index in [4.69, 9.17) is 0 Å². The molecule has 1 aromatic carbocycles. The number of aryl methyl sites for hydroxylation is 1. The second-order valence-electron chi connectivity index (χ2n) is 9.57. The summed E-state index contributed by atoms with van der Waals surface area (Å²) in [6, 6.07) is 11.6. The van der Waals surface area contributed by atoms with E-state index in [1.54, 1.807) is 0 Å². The van der Waals surface area contributed by atoms with Crippen LogP contribution in [-0.4, -0.2) is 28.5 Å². The lowest BCUT2D eigenvalue weighted by Gasteiger charge is -2.31. The lowest BCUT2D eigenvalue weighted by atomic mass is 9.91. The van der Waals surface area contributed by atoms with Crippen LogP contribution in [0.5, 0.6) is 0 Å². The maximum atomic E-state index is 12.2. The van der Waals surface area contributed by atoms with E-state index in [0.29, 0.717) is 5.92 Å². The first-order valence-corrected chi connectivity index (χ1v) is 11.6. The van der Waals surface area contributed by atoms with Crippen LogP contribution < -0.4 is 10.6 Å². The molecule has 0 bridgehead atoms. The number of nitrogens with zero attached hydrogens (tertiary/aromatic N) is 1. The topological polar surface area (TPSA) is 69.8 Å². The summed E-state index contributed by atoms with van der Waals surface area (Å²) >= 11 is 0. The van der Waals surface area contributed by atoms with E-state index in [0.717, 1.165) is 37.9 Å². The Balaban J connectivity index is 1.46. The summed E-state index contributed by atoms with van der Waals surface area (Å²) in [6.45, 7) is 7.49. The normalized spacial score (nSPS) is 21.5. The van der Waals surface area contributed by atoms with Crippen molar-refractivity contribution < 1.29 is 4.79 Å². The number of rotatable bonds is 5. The van der Waals surface area contributed by atoms with E-state index in [9.17, 15) is 4.79 Å². The van der Waals surface area contributed by atoms with Gasteiger partial charge in [0.1, 0.15) is 0 Å². The summed E-state index contributed by atoms with van der Waals surface area (Å²) in [5.74, 6) is 0.928. The molecule has 2 unspecified atom stereocenters. The number of nitrogens with one attached hydrogen (secondary N) is 3. The molecule has 3 heterocycles. The molecule has 1 saturated carbocycles. The van der Waals surface area contributed by atoms with Crippen LogP contribution >= 0.6 is 0 Å². The predicted molar refractivity (Wildman–Crippen MR) is 125 cm³/mol. The third-order valence-electron chi connectivity index (χ3n) is 6.73. The zero-order valence-electron chi connectivity index (χ0n) is 18.7. The van der Waals surface area contributed by atoms with Crippen molar-refractivity contribution in [2.75, 3.05) is 6.54 Å². The van der Waals surface area contributed by atoms with Gasteiger partial charge in [-0.2, -0.15) is 0 Å². The molecule has 3 aromatic rings. The summed E-state index contributed by atoms with van der Waals surface area (Å²) in [6.07, 6.45) is 5.95. The molecule has 162 valence electrons. The van der Waals surface area contributed by atoms with E-state index in [-0.39, 0.29) is 23.9 Å². The van der Waals surface area contributed by atoms with Crippen molar-refractivity contribution in [1.82, 2.24) is 20.6 Å². The number of carbonyl (C=O) groups is 1. The number of H-pyrrole nitrogens is 1. The van der Waals surface area contributed by atoms with Crippen molar-refractivity contribution in [3.63, 3.8) is 0 Å². The Bertz CT molecular complexity index is 1110. The molecule has 1 saturated heterocycles. The molecule has 2 aliphatic rings. The lowest BCUT2D eigenvalue weighted by molar-refractivity contribution is -0.123. The van der Waals surface area contributed by atoms with Crippen LogP contribution in [0.1, 0.15) is 68.3 Å². The molecule has 1 aliphatic heterocycles. The number of carbonyl (C=O) groups excluding carboxylic acids is 1. The van der Waals surface area contributed by atoms with Gasteiger partial charge in [-0.3, -0.25) is 9.78 Å². The number of pyridine rings is 1. The number of aromatic nitrogens is 2. The molecular weight excluding hydrogens is 384 g/mol. The minimum atomic E-state index is 0.256. The molecule has 31 heavy (non-hydrogen) atoms. The van der Waals surface area contributed by atoms with Gasteiger partial charge in [0, 0.05) is 46.4 Å². The fourth-order valence-electron chi connectivity index (χ4n) is 4.94. The molecule has 5 heteroatoms. The average molecular weight is 417 g/mol. The summed E-state index contributed by atoms with van der Waals surface area (Å²) in [7, 11) is 0. The third-order valence-corrected chi connectivity index (χ3v) is 6.73. The van der Waals surface area contributed by atoms with Gasteiger partial charge in [0.15, 0.2) is 0 Å². The van der Waals surface area contributed by atoms with Crippen molar-refractivity contribution in [2.24, 2.45) is 5.92 Å². The zero-order valence-corrected chi connectivity index (χ0v) is 18.7. The Morgan fingerprint density at radius 2 is 2.00 bits per heavy atom.